The number of carbonyl (C=O) groups is 1. The molecule has 4 rings (SSSR count). The molecule has 2 amide bonds. The molecule has 0 aliphatic carbocycles. The Kier molecular flexibility index (Phi) is 4.82. The van der Waals surface area contributed by atoms with Crippen LogP contribution in [0, 0.1) is 6.92 Å². The number of urea groups is 1. The van der Waals surface area contributed by atoms with Crippen LogP contribution in [0.5, 0.6) is 0 Å². The van der Waals surface area contributed by atoms with Crippen LogP contribution in [0.15, 0.2) is 39.4 Å². The van der Waals surface area contributed by atoms with Gasteiger partial charge in [-0.25, -0.2) is 4.79 Å². The van der Waals surface area contributed by atoms with Crippen molar-refractivity contribution in [2.45, 2.75) is 32.2 Å². The Bertz CT molecular complexity index is 907. The quantitative estimate of drug-likeness (QED) is 0.736. The molecule has 1 N–H and O–H groups in total. The molecule has 9 nitrogen and oxygen atoms in total. The predicted octanol–water partition coefficient (Wildman–Crippen LogP) is 2.52. The fourth-order valence-electron chi connectivity index (χ4n) is 3.15. The Morgan fingerprint density at radius 3 is 2.85 bits per heavy atom. The third kappa shape index (κ3) is 3.81. The number of aromatic nitrogens is 4. The Morgan fingerprint density at radius 2 is 2.07 bits per heavy atom. The van der Waals surface area contributed by atoms with E-state index in [-0.39, 0.29) is 12.1 Å². The highest BCUT2D eigenvalue weighted by Gasteiger charge is 2.33. The summed E-state index contributed by atoms with van der Waals surface area (Å²) in [4.78, 5) is 22.9. The van der Waals surface area contributed by atoms with Crippen molar-refractivity contribution < 1.29 is 13.8 Å². The summed E-state index contributed by atoms with van der Waals surface area (Å²) in [6, 6.07) is 9.25. The van der Waals surface area contributed by atoms with E-state index in [0.717, 1.165) is 18.4 Å². The number of rotatable bonds is 5. The summed E-state index contributed by atoms with van der Waals surface area (Å²) in [6.07, 6.45) is 2.21. The second kappa shape index (κ2) is 7.56. The van der Waals surface area contributed by atoms with E-state index in [1.807, 2.05) is 30.3 Å². The number of likely N-dealkylation sites (tertiary alicyclic amines) is 1. The number of aryl methyl sites for hydroxylation is 1. The molecule has 3 heterocycles. The maximum Gasteiger partial charge on any atom is 0.318 e. The molecule has 0 unspecified atom stereocenters. The van der Waals surface area contributed by atoms with Crippen molar-refractivity contribution in [1.29, 1.82) is 0 Å². The van der Waals surface area contributed by atoms with Crippen LogP contribution in [0.2, 0.25) is 0 Å². The highest BCUT2D eigenvalue weighted by molar-refractivity contribution is 5.74. The molecule has 1 aromatic carbocycles. The number of amides is 2. The van der Waals surface area contributed by atoms with E-state index >= 15 is 0 Å². The first-order valence-corrected chi connectivity index (χ1v) is 8.93. The monoisotopic (exact) mass is 368 g/mol. The Morgan fingerprint density at radius 1 is 1.22 bits per heavy atom. The number of hydrogen-bond donors (Lipinski definition) is 1. The highest BCUT2D eigenvalue weighted by atomic mass is 16.5. The second-order valence-electron chi connectivity index (χ2n) is 6.39. The average Bonchev–Trinajstić information content (AvgIpc) is 3.42. The van der Waals surface area contributed by atoms with E-state index in [0.29, 0.717) is 42.9 Å². The summed E-state index contributed by atoms with van der Waals surface area (Å²) in [6.45, 7) is 2.85. The van der Waals surface area contributed by atoms with Crippen LogP contribution in [0.4, 0.5) is 4.79 Å². The first kappa shape index (κ1) is 17.2. The molecule has 0 saturated carbocycles. The molecule has 140 valence electrons. The van der Waals surface area contributed by atoms with Gasteiger partial charge in [-0.05, 0) is 31.9 Å². The van der Waals surface area contributed by atoms with E-state index in [2.05, 4.69) is 25.6 Å². The molecular formula is C18H20N6O3. The molecule has 1 saturated heterocycles. The van der Waals surface area contributed by atoms with Crippen LogP contribution >= 0.6 is 0 Å². The molecule has 1 aliphatic rings. The summed E-state index contributed by atoms with van der Waals surface area (Å²) in [5.41, 5.74) is 0.870. The maximum absolute atomic E-state index is 12.5. The van der Waals surface area contributed by atoms with Gasteiger partial charge in [0.05, 0.1) is 0 Å². The third-order valence-corrected chi connectivity index (χ3v) is 4.46. The lowest BCUT2D eigenvalue weighted by Crippen LogP contribution is -2.40. The van der Waals surface area contributed by atoms with Gasteiger partial charge in [0.2, 0.25) is 5.89 Å². The minimum absolute atomic E-state index is 0.153. The Hall–Kier alpha value is -3.23. The van der Waals surface area contributed by atoms with E-state index in [9.17, 15) is 4.79 Å². The number of nitrogens with zero attached hydrogens (tertiary/aromatic N) is 5. The van der Waals surface area contributed by atoms with Crippen molar-refractivity contribution in [3.63, 3.8) is 0 Å². The summed E-state index contributed by atoms with van der Waals surface area (Å²) in [7, 11) is 0. The van der Waals surface area contributed by atoms with Crippen LogP contribution in [-0.2, 0) is 6.42 Å². The van der Waals surface area contributed by atoms with E-state index in [1.165, 1.54) is 0 Å². The Labute approximate surface area is 155 Å². The molecule has 2 aromatic heterocycles. The molecule has 3 aromatic rings. The molecule has 1 atom stereocenters. The van der Waals surface area contributed by atoms with Gasteiger partial charge in [0.25, 0.3) is 5.89 Å². The normalized spacial score (nSPS) is 16.6. The van der Waals surface area contributed by atoms with Gasteiger partial charge < -0.3 is 19.3 Å². The lowest BCUT2D eigenvalue weighted by molar-refractivity contribution is 0.180. The number of hydrogen-bond acceptors (Lipinski definition) is 7. The van der Waals surface area contributed by atoms with Crippen molar-refractivity contribution in [2.24, 2.45) is 0 Å². The van der Waals surface area contributed by atoms with Gasteiger partial charge in [0.1, 0.15) is 6.04 Å². The molecule has 27 heavy (non-hydrogen) atoms. The molecule has 0 spiro atoms. The van der Waals surface area contributed by atoms with Crippen molar-refractivity contribution in [3.8, 4) is 11.5 Å². The van der Waals surface area contributed by atoms with Crippen LogP contribution in [-0.4, -0.2) is 44.3 Å². The fraction of sp³-hybridized carbons (Fsp3) is 0.389. The molecular weight excluding hydrogens is 348 g/mol. The van der Waals surface area contributed by atoms with Gasteiger partial charge in [-0.15, -0.1) is 0 Å². The maximum atomic E-state index is 12.5. The molecule has 1 aliphatic heterocycles. The lowest BCUT2D eigenvalue weighted by atomic mass is 10.2. The van der Waals surface area contributed by atoms with Crippen LogP contribution in [0.1, 0.15) is 36.4 Å². The standard InChI is InChI=1S/C18H20N6O3/c1-12-20-17(27-22-12)14-8-5-11-24(14)18(25)19-10-9-15-21-16(26-23-15)13-6-3-2-4-7-13/h2-4,6-7,14H,5,8-11H2,1H3,(H,19,25)/t14-/m0/s1. The predicted molar refractivity (Wildman–Crippen MR) is 94.6 cm³/mol. The summed E-state index contributed by atoms with van der Waals surface area (Å²) in [5, 5.41) is 10.7. The third-order valence-electron chi connectivity index (χ3n) is 4.46. The van der Waals surface area contributed by atoms with Crippen molar-refractivity contribution in [2.75, 3.05) is 13.1 Å². The summed E-state index contributed by atoms with van der Waals surface area (Å²) in [5.74, 6) is 2.09. The van der Waals surface area contributed by atoms with Gasteiger partial charge >= 0.3 is 6.03 Å². The minimum atomic E-state index is -0.166. The number of carbonyl (C=O) groups excluding carboxylic acids is 1. The second-order valence-corrected chi connectivity index (χ2v) is 6.39. The first-order valence-electron chi connectivity index (χ1n) is 8.93. The zero-order valence-corrected chi connectivity index (χ0v) is 15.0. The number of benzene rings is 1. The van der Waals surface area contributed by atoms with Crippen LogP contribution in [0.25, 0.3) is 11.5 Å². The first-order chi connectivity index (χ1) is 13.2. The summed E-state index contributed by atoms with van der Waals surface area (Å²) >= 11 is 0. The van der Waals surface area contributed by atoms with Crippen molar-refractivity contribution in [3.05, 3.63) is 47.9 Å². The topological polar surface area (TPSA) is 110 Å². The van der Waals surface area contributed by atoms with Crippen molar-refractivity contribution in [1.82, 2.24) is 30.5 Å². The smallest absolute Gasteiger partial charge is 0.318 e. The minimum Gasteiger partial charge on any atom is -0.338 e. The van der Waals surface area contributed by atoms with E-state index in [1.54, 1.807) is 11.8 Å². The van der Waals surface area contributed by atoms with Gasteiger partial charge in [-0.2, -0.15) is 9.97 Å². The van der Waals surface area contributed by atoms with Gasteiger partial charge in [-0.1, -0.05) is 28.5 Å². The van der Waals surface area contributed by atoms with E-state index < -0.39 is 0 Å². The molecule has 1 fully saturated rings. The Balaban J connectivity index is 1.31. The van der Waals surface area contributed by atoms with Gasteiger partial charge in [0, 0.05) is 25.1 Å². The van der Waals surface area contributed by atoms with E-state index in [4.69, 9.17) is 9.05 Å². The largest absolute Gasteiger partial charge is 0.338 e. The zero-order chi connectivity index (χ0) is 18.6. The van der Waals surface area contributed by atoms with Gasteiger partial charge in [-0.3, -0.25) is 0 Å². The number of nitrogens with one attached hydrogen (secondary N) is 1. The van der Waals surface area contributed by atoms with Crippen LogP contribution < -0.4 is 5.32 Å². The van der Waals surface area contributed by atoms with Crippen LogP contribution in [0.3, 0.4) is 0 Å². The van der Waals surface area contributed by atoms with Gasteiger partial charge in [0.15, 0.2) is 11.6 Å². The fourth-order valence-corrected chi connectivity index (χ4v) is 3.15. The SMILES string of the molecule is Cc1noc([C@@H]2CCCN2C(=O)NCCc2noc(-c3ccccc3)n2)n1. The van der Waals surface area contributed by atoms with Crippen molar-refractivity contribution >= 4 is 6.03 Å². The zero-order valence-electron chi connectivity index (χ0n) is 15.0. The molecule has 0 bridgehead atoms. The molecule has 9 heteroatoms. The highest BCUT2D eigenvalue weighted by Crippen LogP contribution is 2.30. The molecule has 0 radical (unpaired) electrons. The average molecular weight is 368 g/mol. The summed E-state index contributed by atoms with van der Waals surface area (Å²) < 4.78 is 10.5. The lowest BCUT2D eigenvalue weighted by Gasteiger charge is -2.22.